The summed E-state index contributed by atoms with van der Waals surface area (Å²) in [6.07, 6.45) is 0.820. The number of ether oxygens (including phenoxy) is 2. The molecule has 0 radical (unpaired) electrons. The summed E-state index contributed by atoms with van der Waals surface area (Å²) in [5, 5.41) is 8.47. The number of hydrogen-bond donors (Lipinski definition) is 1. The van der Waals surface area contributed by atoms with Gasteiger partial charge in [-0.25, -0.2) is 4.98 Å². The van der Waals surface area contributed by atoms with Crippen molar-refractivity contribution >= 4 is 28.6 Å². The molecule has 1 aromatic heterocycles. The number of carbonyl (C=O) groups excluding carboxylic acids is 1. The number of rotatable bonds is 6. The second kappa shape index (κ2) is 9.16. The minimum atomic E-state index is -0.216. The normalized spacial score (nSPS) is 13.0. The van der Waals surface area contributed by atoms with Crippen molar-refractivity contribution in [1.29, 1.82) is 5.41 Å². The Morgan fingerprint density at radius 2 is 1.90 bits per heavy atom. The molecule has 0 fully saturated rings. The van der Waals surface area contributed by atoms with Crippen molar-refractivity contribution in [3.05, 3.63) is 52.3 Å². The number of Topliss-reactive ketones (excluding diaryl/α,β-unsaturated/α-hetero) is 1. The number of nitrogens with one attached hydrogen (secondary N) is 1. The van der Waals surface area contributed by atoms with Gasteiger partial charge in [0.05, 0.1) is 20.8 Å². The highest BCUT2D eigenvalue weighted by Crippen LogP contribution is 2.39. The number of hydrogen-bond acceptors (Lipinski definition) is 5. The molecule has 2 aromatic rings. The van der Waals surface area contributed by atoms with Gasteiger partial charge >= 0.3 is 0 Å². The van der Waals surface area contributed by atoms with Gasteiger partial charge in [-0.1, -0.05) is 33.8 Å². The Bertz CT molecular complexity index is 967. The summed E-state index contributed by atoms with van der Waals surface area (Å²) in [5.74, 6) is 1.43. The number of aromatic nitrogens is 1. The molecule has 30 heavy (non-hydrogen) atoms. The molecule has 3 rings (SSSR count). The number of aryl methyl sites for hydroxylation is 1. The maximum Gasteiger partial charge on any atom is 0.182 e. The number of nitrogens with zero attached hydrogens (tertiary/aromatic N) is 2. The number of fused-ring (bicyclic) bond motifs is 1. The van der Waals surface area contributed by atoms with E-state index in [4.69, 9.17) is 14.9 Å². The summed E-state index contributed by atoms with van der Waals surface area (Å²) in [5.41, 5.74) is 3.88. The molecule has 0 amide bonds. The summed E-state index contributed by atoms with van der Waals surface area (Å²) in [6.45, 7) is 8.90. The molecule has 0 aliphatic carbocycles. The van der Waals surface area contributed by atoms with E-state index >= 15 is 0 Å². The van der Waals surface area contributed by atoms with Crippen molar-refractivity contribution in [3.63, 3.8) is 0 Å². The molecule has 7 heteroatoms. The van der Waals surface area contributed by atoms with Gasteiger partial charge in [0.15, 0.2) is 17.3 Å². The van der Waals surface area contributed by atoms with Crippen LogP contribution in [-0.4, -0.2) is 42.3 Å². The largest absolute Gasteiger partial charge is 0.493 e. The molecule has 0 bridgehead atoms. The average molecular weight is 476 g/mol. The standard InChI is InChI=1S/C23H29N3O3.BrH/c1-7-16-9-8-14-12-26(22(24)20(14)25-16)13-18(27)15-10-17(23(2,3)4)21(29-6)19(11-15)28-5;/h8-11,24H,7,12-13H2,1-6H3;1H. The van der Waals surface area contributed by atoms with Gasteiger partial charge < -0.3 is 14.4 Å². The van der Waals surface area contributed by atoms with Crippen molar-refractivity contribution in [2.24, 2.45) is 0 Å². The number of benzene rings is 1. The third-order valence-electron chi connectivity index (χ3n) is 5.24. The van der Waals surface area contributed by atoms with Crippen LogP contribution in [0.5, 0.6) is 11.5 Å². The lowest BCUT2D eigenvalue weighted by Gasteiger charge is -2.25. The smallest absolute Gasteiger partial charge is 0.182 e. The minimum Gasteiger partial charge on any atom is -0.493 e. The van der Waals surface area contributed by atoms with E-state index in [9.17, 15) is 4.79 Å². The van der Waals surface area contributed by atoms with Gasteiger partial charge in [0.1, 0.15) is 11.5 Å². The van der Waals surface area contributed by atoms with E-state index in [-0.39, 0.29) is 34.7 Å². The number of halogens is 1. The Hall–Kier alpha value is -2.41. The average Bonchev–Trinajstić information content (AvgIpc) is 3.00. The molecule has 1 aromatic carbocycles. The van der Waals surface area contributed by atoms with Crippen LogP contribution in [-0.2, 0) is 18.4 Å². The van der Waals surface area contributed by atoms with Gasteiger partial charge in [-0.3, -0.25) is 10.2 Å². The first-order chi connectivity index (χ1) is 13.7. The van der Waals surface area contributed by atoms with Crippen LogP contribution in [0.2, 0.25) is 0 Å². The summed E-state index contributed by atoms with van der Waals surface area (Å²) in [6, 6.07) is 7.59. The predicted molar refractivity (Wildman–Crippen MR) is 124 cm³/mol. The fourth-order valence-corrected chi connectivity index (χ4v) is 3.57. The van der Waals surface area contributed by atoms with Gasteiger partial charge in [0.25, 0.3) is 0 Å². The second-order valence-corrected chi connectivity index (χ2v) is 8.30. The van der Waals surface area contributed by atoms with E-state index < -0.39 is 0 Å². The second-order valence-electron chi connectivity index (χ2n) is 8.30. The van der Waals surface area contributed by atoms with Crippen LogP contribution in [0.4, 0.5) is 0 Å². The van der Waals surface area contributed by atoms with E-state index in [1.54, 1.807) is 25.2 Å². The predicted octanol–water partition coefficient (Wildman–Crippen LogP) is 4.56. The monoisotopic (exact) mass is 475 g/mol. The third kappa shape index (κ3) is 4.51. The molecular formula is C23H30BrN3O3. The van der Waals surface area contributed by atoms with Crippen LogP contribution in [0.3, 0.4) is 0 Å². The lowest BCUT2D eigenvalue weighted by atomic mass is 9.84. The quantitative estimate of drug-likeness (QED) is 0.619. The number of carbonyl (C=O) groups is 1. The highest BCUT2D eigenvalue weighted by Gasteiger charge is 2.29. The Morgan fingerprint density at radius 1 is 1.20 bits per heavy atom. The van der Waals surface area contributed by atoms with Crippen LogP contribution in [0.1, 0.15) is 60.6 Å². The summed E-state index contributed by atoms with van der Waals surface area (Å²) in [4.78, 5) is 19.4. The number of methoxy groups -OCH3 is 2. The molecule has 1 aliphatic rings. The van der Waals surface area contributed by atoms with Crippen LogP contribution in [0.15, 0.2) is 24.3 Å². The Morgan fingerprint density at radius 3 is 2.47 bits per heavy atom. The number of amidine groups is 1. The maximum absolute atomic E-state index is 13.1. The van der Waals surface area contributed by atoms with E-state index in [1.807, 2.05) is 25.1 Å². The summed E-state index contributed by atoms with van der Waals surface area (Å²) >= 11 is 0. The lowest BCUT2D eigenvalue weighted by Crippen LogP contribution is -2.30. The number of ketones is 1. The van der Waals surface area contributed by atoms with Crippen LogP contribution < -0.4 is 9.47 Å². The van der Waals surface area contributed by atoms with Crippen LogP contribution >= 0.6 is 17.0 Å². The fourth-order valence-electron chi connectivity index (χ4n) is 3.57. The Balaban J connectivity index is 0.00000320. The number of pyridine rings is 1. The van der Waals surface area contributed by atoms with Crippen molar-refractivity contribution in [2.45, 2.75) is 46.1 Å². The molecular weight excluding hydrogens is 446 g/mol. The van der Waals surface area contributed by atoms with Crippen molar-refractivity contribution in [2.75, 3.05) is 20.8 Å². The minimum absolute atomic E-state index is 0. The Labute approximate surface area is 188 Å². The molecule has 6 nitrogen and oxygen atoms in total. The van der Waals surface area contributed by atoms with Crippen molar-refractivity contribution < 1.29 is 14.3 Å². The van der Waals surface area contributed by atoms with Crippen LogP contribution in [0, 0.1) is 5.41 Å². The first-order valence-electron chi connectivity index (χ1n) is 9.82. The molecule has 0 spiro atoms. The van der Waals surface area contributed by atoms with E-state index in [0.29, 0.717) is 35.1 Å². The van der Waals surface area contributed by atoms with Crippen molar-refractivity contribution in [3.8, 4) is 11.5 Å². The fraction of sp³-hybridized carbons (Fsp3) is 0.435. The SMILES string of the molecule is Br.CCc1ccc2c(n1)C(=N)N(CC(=O)c1cc(OC)c(OC)c(C(C)(C)C)c1)C2. The first kappa shape index (κ1) is 23.9. The van der Waals surface area contributed by atoms with Gasteiger partial charge in [0, 0.05) is 28.9 Å². The zero-order valence-corrected chi connectivity index (χ0v) is 20.2. The van der Waals surface area contributed by atoms with Gasteiger partial charge in [0.2, 0.25) is 0 Å². The molecule has 1 aliphatic heterocycles. The van der Waals surface area contributed by atoms with Gasteiger partial charge in [-0.2, -0.15) is 0 Å². The first-order valence-corrected chi connectivity index (χ1v) is 9.82. The van der Waals surface area contributed by atoms with Gasteiger partial charge in [-0.05, 0) is 30.0 Å². The van der Waals surface area contributed by atoms with Crippen LogP contribution in [0.25, 0.3) is 0 Å². The van der Waals surface area contributed by atoms with E-state index in [0.717, 1.165) is 23.2 Å². The molecule has 0 atom stereocenters. The van der Waals surface area contributed by atoms with E-state index in [2.05, 4.69) is 25.8 Å². The zero-order chi connectivity index (χ0) is 21.3. The molecule has 2 heterocycles. The maximum atomic E-state index is 13.1. The summed E-state index contributed by atoms with van der Waals surface area (Å²) in [7, 11) is 3.18. The molecule has 0 unspecified atom stereocenters. The summed E-state index contributed by atoms with van der Waals surface area (Å²) < 4.78 is 11.0. The van der Waals surface area contributed by atoms with Crippen molar-refractivity contribution in [1.82, 2.24) is 9.88 Å². The van der Waals surface area contributed by atoms with E-state index in [1.165, 1.54) is 0 Å². The zero-order valence-electron chi connectivity index (χ0n) is 18.5. The highest BCUT2D eigenvalue weighted by atomic mass is 79.9. The third-order valence-corrected chi connectivity index (χ3v) is 5.24. The molecule has 0 saturated carbocycles. The highest BCUT2D eigenvalue weighted by molar-refractivity contribution is 8.93. The lowest BCUT2D eigenvalue weighted by molar-refractivity contribution is 0.0962. The van der Waals surface area contributed by atoms with Gasteiger partial charge in [-0.15, -0.1) is 17.0 Å². The molecule has 0 saturated heterocycles. The topological polar surface area (TPSA) is 75.5 Å². The Kier molecular flexibility index (Phi) is 7.29. The molecule has 162 valence electrons. The molecule has 1 N–H and O–H groups in total.